The van der Waals surface area contributed by atoms with E-state index < -0.39 is 0 Å². The summed E-state index contributed by atoms with van der Waals surface area (Å²) in [5, 5.41) is 1.49. The van der Waals surface area contributed by atoms with Gasteiger partial charge >= 0.3 is 0 Å². The fourth-order valence-corrected chi connectivity index (χ4v) is 3.07. The smallest absolute Gasteiger partial charge is 0.256 e. The highest BCUT2D eigenvalue weighted by Gasteiger charge is 2.19. The lowest BCUT2D eigenvalue weighted by molar-refractivity contribution is 0.0679. The topological polar surface area (TPSA) is 42.4 Å². The van der Waals surface area contributed by atoms with Crippen molar-refractivity contribution in [2.75, 3.05) is 20.3 Å². The van der Waals surface area contributed by atoms with E-state index in [2.05, 4.69) is 4.98 Å². The molecule has 0 spiro atoms. The number of halogens is 1. The summed E-state index contributed by atoms with van der Waals surface area (Å²) in [4.78, 5) is 19.6. The number of carbonyl (C=O) groups excluding carboxylic acids is 1. The van der Waals surface area contributed by atoms with E-state index in [4.69, 9.17) is 16.3 Å². The molecule has 0 aliphatic rings. The Morgan fingerprint density at radius 3 is 2.65 bits per heavy atom. The molecule has 2 aromatic carbocycles. The van der Waals surface area contributed by atoms with Crippen molar-refractivity contribution in [2.24, 2.45) is 0 Å². The Hall–Kier alpha value is -2.43. The van der Waals surface area contributed by atoms with Crippen LogP contribution in [-0.4, -0.2) is 36.1 Å². The number of benzene rings is 2. The summed E-state index contributed by atoms with van der Waals surface area (Å²) in [5.74, 6) is -0.0576. The third-order valence-electron chi connectivity index (χ3n) is 4.27. The molecule has 26 heavy (non-hydrogen) atoms. The summed E-state index contributed by atoms with van der Waals surface area (Å²) in [5.41, 5.74) is 3.20. The molecule has 134 valence electrons. The number of fused-ring (bicyclic) bond motifs is 1. The first kappa shape index (κ1) is 18.4. The number of aromatic nitrogens is 1. The molecule has 0 saturated heterocycles. The van der Waals surface area contributed by atoms with Crippen molar-refractivity contribution in [1.29, 1.82) is 0 Å². The lowest BCUT2D eigenvalue weighted by Crippen LogP contribution is -2.34. The normalized spacial score (nSPS) is 10.9. The largest absolute Gasteiger partial charge is 0.383 e. The number of ether oxygens (including phenoxy) is 1. The predicted octanol–water partition coefficient (Wildman–Crippen LogP) is 4.49. The summed E-state index contributed by atoms with van der Waals surface area (Å²) in [6, 6.07) is 17.3. The minimum atomic E-state index is -0.0576. The molecule has 3 aromatic rings. The van der Waals surface area contributed by atoms with Gasteiger partial charge < -0.3 is 9.64 Å². The number of hydrogen-bond acceptors (Lipinski definition) is 3. The van der Waals surface area contributed by atoms with E-state index in [0.717, 1.165) is 16.5 Å². The molecule has 0 saturated carbocycles. The predicted molar refractivity (Wildman–Crippen MR) is 105 cm³/mol. The van der Waals surface area contributed by atoms with Gasteiger partial charge in [-0.05, 0) is 36.8 Å². The number of hydrogen-bond donors (Lipinski definition) is 0. The minimum absolute atomic E-state index is 0.0576. The van der Waals surface area contributed by atoms with E-state index in [9.17, 15) is 4.79 Å². The molecule has 0 radical (unpaired) electrons. The van der Waals surface area contributed by atoms with Crippen molar-refractivity contribution in [3.05, 3.63) is 76.4 Å². The van der Waals surface area contributed by atoms with Gasteiger partial charge in [-0.25, -0.2) is 0 Å². The highest BCUT2D eigenvalue weighted by Crippen LogP contribution is 2.22. The van der Waals surface area contributed by atoms with Gasteiger partial charge in [-0.3, -0.25) is 9.78 Å². The van der Waals surface area contributed by atoms with Gasteiger partial charge in [0, 0.05) is 30.6 Å². The van der Waals surface area contributed by atoms with Gasteiger partial charge in [-0.2, -0.15) is 0 Å². The van der Waals surface area contributed by atoms with Crippen molar-refractivity contribution < 1.29 is 9.53 Å². The number of rotatable bonds is 6. The SMILES string of the molecule is COCCN(Cc1ccccc1)C(=O)c1cc2cc(Cl)ccc2nc1C. The summed E-state index contributed by atoms with van der Waals surface area (Å²) in [6.45, 7) is 3.37. The summed E-state index contributed by atoms with van der Waals surface area (Å²) < 4.78 is 5.19. The number of amides is 1. The molecular weight excluding hydrogens is 348 g/mol. The van der Waals surface area contributed by atoms with Crippen LogP contribution in [0.3, 0.4) is 0 Å². The number of carbonyl (C=O) groups is 1. The van der Waals surface area contributed by atoms with E-state index in [1.54, 1.807) is 18.1 Å². The van der Waals surface area contributed by atoms with E-state index in [1.807, 2.05) is 55.5 Å². The molecule has 0 bridgehead atoms. The van der Waals surface area contributed by atoms with Crippen LogP contribution in [0, 0.1) is 6.92 Å². The molecule has 3 rings (SSSR count). The maximum absolute atomic E-state index is 13.2. The molecule has 1 aromatic heterocycles. The maximum atomic E-state index is 13.2. The minimum Gasteiger partial charge on any atom is -0.383 e. The van der Waals surface area contributed by atoms with Crippen LogP contribution in [0.25, 0.3) is 10.9 Å². The fourth-order valence-electron chi connectivity index (χ4n) is 2.89. The number of methoxy groups -OCH3 is 1. The summed E-state index contributed by atoms with van der Waals surface area (Å²) in [6.07, 6.45) is 0. The summed E-state index contributed by atoms with van der Waals surface area (Å²) in [7, 11) is 1.63. The lowest BCUT2D eigenvalue weighted by Gasteiger charge is -2.23. The maximum Gasteiger partial charge on any atom is 0.256 e. The van der Waals surface area contributed by atoms with Gasteiger partial charge in [0.25, 0.3) is 5.91 Å². The Morgan fingerprint density at radius 1 is 1.15 bits per heavy atom. The van der Waals surface area contributed by atoms with E-state index in [1.165, 1.54) is 0 Å². The highest BCUT2D eigenvalue weighted by atomic mass is 35.5. The third kappa shape index (κ3) is 4.21. The first-order valence-electron chi connectivity index (χ1n) is 8.47. The van der Waals surface area contributed by atoms with Crippen LogP contribution in [0.15, 0.2) is 54.6 Å². The van der Waals surface area contributed by atoms with Gasteiger partial charge in [0.15, 0.2) is 0 Å². The molecule has 0 fully saturated rings. The quantitative estimate of drug-likeness (QED) is 0.644. The molecule has 0 aliphatic carbocycles. The first-order chi connectivity index (χ1) is 12.6. The molecular formula is C21H21ClN2O2. The van der Waals surface area contributed by atoms with Crippen LogP contribution in [0.1, 0.15) is 21.6 Å². The zero-order valence-corrected chi connectivity index (χ0v) is 15.7. The van der Waals surface area contributed by atoms with Crippen molar-refractivity contribution in [2.45, 2.75) is 13.5 Å². The van der Waals surface area contributed by atoms with Crippen LogP contribution in [0.5, 0.6) is 0 Å². The van der Waals surface area contributed by atoms with Gasteiger partial charge in [0.2, 0.25) is 0 Å². The zero-order chi connectivity index (χ0) is 18.5. The zero-order valence-electron chi connectivity index (χ0n) is 14.9. The average molecular weight is 369 g/mol. The van der Waals surface area contributed by atoms with Crippen LogP contribution < -0.4 is 0 Å². The average Bonchev–Trinajstić information content (AvgIpc) is 2.65. The molecule has 1 heterocycles. The lowest BCUT2D eigenvalue weighted by atomic mass is 10.1. The van der Waals surface area contributed by atoms with Crippen LogP contribution in [0.4, 0.5) is 0 Å². The molecule has 5 heteroatoms. The number of nitrogens with zero attached hydrogens (tertiary/aromatic N) is 2. The molecule has 4 nitrogen and oxygen atoms in total. The molecule has 1 amide bonds. The molecule has 0 unspecified atom stereocenters. The van der Waals surface area contributed by atoms with Gasteiger partial charge in [-0.15, -0.1) is 0 Å². The second-order valence-corrected chi connectivity index (χ2v) is 6.60. The van der Waals surface area contributed by atoms with E-state index >= 15 is 0 Å². The Morgan fingerprint density at radius 2 is 1.92 bits per heavy atom. The van der Waals surface area contributed by atoms with Crippen molar-refractivity contribution in [3.8, 4) is 0 Å². The second-order valence-electron chi connectivity index (χ2n) is 6.16. The molecule has 0 aliphatic heterocycles. The fraction of sp³-hybridized carbons (Fsp3) is 0.238. The third-order valence-corrected chi connectivity index (χ3v) is 4.50. The summed E-state index contributed by atoms with van der Waals surface area (Å²) >= 11 is 6.09. The Bertz CT molecular complexity index is 913. The van der Waals surface area contributed by atoms with Crippen molar-refractivity contribution in [1.82, 2.24) is 9.88 Å². The molecule has 0 N–H and O–H groups in total. The standard InChI is InChI=1S/C21H21ClN2O2/c1-15-19(13-17-12-18(22)8-9-20(17)23-15)21(25)24(10-11-26-2)14-16-6-4-3-5-7-16/h3-9,12-13H,10-11,14H2,1-2H3. The van der Waals surface area contributed by atoms with Gasteiger partial charge in [-0.1, -0.05) is 41.9 Å². The Kier molecular flexibility index (Phi) is 5.86. The van der Waals surface area contributed by atoms with Crippen molar-refractivity contribution >= 4 is 28.4 Å². The van der Waals surface area contributed by atoms with Gasteiger partial charge in [0.05, 0.1) is 23.4 Å². The number of aryl methyl sites for hydroxylation is 1. The van der Waals surface area contributed by atoms with Crippen molar-refractivity contribution in [3.63, 3.8) is 0 Å². The van der Waals surface area contributed by atoms with Gasteiger partial charge in [0.1, 0.15) is 0 Å². The van der Waals surface area contributed by atoms with E-state index in [-0.39, 0.29) is 5.91 Å². The Labute approximate surface area is 158 Å². The number of pyridine rings is 1. The Balaban J connectivity index is 1.94. The van der Waals surface area contributed by atoms with E-state index in [0.29, 0.717) is 36.0 Å². The monoisotopic (exact) mass is 368 g/mol. The highest BCUT2D eigenvalue weighted by molar-refractivity contribution is 6.31. The van der Waals surface area contributed by atoms with Crippen LogP contribution in [0.2, 0.25) is 5.02 Å². The first-order valence-corrected chi connectivity index (χ1v) is 8.85. The van der Waals surface area contributed by atoms with Crippen LogP contribution in [-0.2, 0) is 11.3 Å². The molecule has 0 atom stereocenters. The second kappa shape index (κ2) is 8.30. The van der Waals surface area contributed by atoms with Crippen LogP contribution >= 0.6 is 11.6 Å².